The van der Waals surface area contributed by atoms with E-state index in [4.69, 9.17) is 5.73 Å². The van der Waals surface area contributed by atoms with E-state index in [0.717, 1.165) is 33.5 Å². The third kappa shape index (κ3) is 2.31. The molecule has 4 heteroatoms. The summed E-state index contributed by atoms with van der Waals surface area (Å²) in [6, 6.07) is 17.5. The molecule has 2 amide bonds. The van der Waals surface area contributed by atoms with Crippen molar-refractivity contribution in [1.29, 1.82) is 0 Å². The molecule has 0 aliphatic heterocycles. The summed E-state index contributed by atoms with van der Waals surface area (Å²) in [4.78, 5) is 10.9. The van der Waals surface area contributed by atoms with Crippen LogP contribution in [-0.2, 0) is 0 Å². The van der Waals surface area contributed by atoms with Crippen LogP contribution in [0.4, 0.5) is 4.79 Å². The van der Waals surface area contributed by atoms with Gasteiger partial charge in [-0.05, 0) is 29.2 Å². The van der Waals surface area contributed by atoms with Gasteiger partial charge in [-0.25, -0.2) is 10.2 Å². The van der Waals surface area contributed by atoms with Gasteiger partial charge in [0.25, 0.3) is 0 Å². The molecule has 0 atom stereocenters. The summed E-state index contributed by atoms with van der Waals surface area (Å²) in [5, 5.41) is 4.16. The van der Waals surface area contributed by atoms with Gasteiger partial charge >= 0.3 is 6.03 Å². The molecule has 0 bridgehead atoms. The van der Waals surface area contributed by atoms with Gasteiger partial charge in [-0.2, -0.15) is 5.10 Å². The number of allylic oxidation sites excluding steroid dienone is 1. The monoisotopic (exact) mass is 277 g/mol. The molecule has 0 saturated heterocycles. The van der Waals surface area contributed by atoms with Crippen LogP contribution in [0.15, 0.2) is 65.3 Å². The molecule has 104 valence electrons. The molecule has 0 radical (unpaired) electrons. The van der Waals surface area contributed by atoms with E-state index < -0.39 is 6.03 Å². The Kier molecular flexibility index (Phi) is 3.28. The minimum absolute atomic E-state index is 0.666. The number of carbonyl (C=O) groups is 1. The van der Waals surface area contributed by atoms with Crippen molar-refractivity contribution in [2.24, 2.45) is 10.8 Å². The summed E-state index contributed by atoms with van der Waals surface area (Å²) < 4.78 is 0. The first-order valence-corrected chi connectivity index (χ1v) is 6.68. The second-order valence-electron chi connectivity index (χ2n) is 4.85. The number of hydrogen-bond acceptors (Lipinski definition) is 2. The van der Waals surface area contributed by atoms with E-state index in [1.54, 1.807) is 0 Å². The van der Waals surface area contributed by atoms with Crippen LogP contribution in [0.1, 0.15) is 23.6 Å². The number of amides is 2. The van der Waals surface area contributed by atoms with Crippen molar-refractivity contribution in [2.45, 2.75) is 6.92 Å². The number of hydrogen-bond donors (Lipinski definition) is 2. The lowest BCUT2D eigenvalue weighted by atomic mass is 9.98. The lowest BCUT2D eigenvalue weighted by molar-refractivity contribution is 0.249. The molecule has 1 aliphatic carbocycles. The van der Waals surface area contributed by atoms with Gasteiger partial charge in [0.15, 0.2) is 0 Å². The van der Waals surface area contributed by atoms with Crippen LogP contribution < -0.4 is 11.2 Å². The zero-order chi connectivity index (χ0) is 14.8. The summed E-state index contributed by atoms with van der Waals surface area (Å²) in [7, 11) is 0. The van der Waals surface area contributed by atoms with Crippen LogP contribution in [0.25, 0.3) is 5.57 Å². The van der Waals surface area contributed by atoms with Crippen molar-refractivity contribution in [3.05, 3.63) is 76.9 Å². The highest BCUT2D eigenvalue weighted by Crippen LogP contribution is 2.37. The Morgan fingerprint density at radius 2 is 1.62 bits per heavy atom. The maximum absolute atomic E-state index is 10.9. The smallest absolute Gasteiger partial charge is 0.332 e. The molecule has 0 heterocycles. The molecule has 1 aliphatic rings. The van der Waals surface area contributed by atoms with E-state index in [1.165, 1.54) is 0 Å². The molecule has 0 saturated carbocycles. The van der Waals surface area contributed by atoms with Crippen LogP contribution in [0, 0.1) is 0 Å². The van der Waals surface area contributed by atoms with Crippen LogP contribution in [0.3, 0.4) is 0 Å². The van der Waals surface area contributed by atoms with Crippen molar-refractivity contribution in [2.75, 3.05) is 0 Å². The molecule has 2 aromatic carbocycles. The predicted molar refractivity (Wildman–Crippen MR) is 83.8 cm³/mol. The van der Waals surface area contributed by atoms with Gasteiger partial charge in [0, 0.05) is 5.56 Å². The summed E-state index contributed by atoms with van der Waals surface area (Å²) in [5.74, 6) is 0. The summed E-state index contributed by atoms with van der Waals surface area (Å²) in [6.45, 7) is 2.00. The normalized spacial score (nSPS) is 15.2. The second kappa shape index (κ2) is 5.25. The summed E-state index contributed by atoms with van der Waals surface area (Å²) >= 11 is 0. The number of urea groups is 1. The quantitative estimate of drug-likeness (QED) is 0.814. The summed E-state index contributed by atoms with van der Waals surface area (Å²) in [5.41, 5.74) is 13.6. The molecule has 0 unspecified atom stereocenters. The van der Waals surface area contributed by atoms with Crippen molar-refractivity contribution < 1.29 is 4.79 Å². The number of hydrazone groups is 1. The number of carbonyl (C=O) groups excluding carboxylic acids is 1. The van der Waals surface area contributed by atoms with Crippen molar-refractivity contribution in [1.82, 2.24) is 5.43 Å². The maximum Gasteiger partial charge on any atom is 0.332 e. The van der Waals surface area contributed by atoms with Crippen molar-refractivity contribution >= 4 is 17.3 Å². The van der Waals surface area contributed by atoms with E-state index in [1.807, 2.05) is 43.3 Å². The molecule has 3 N–H and O–H groups in total. The Morgan fingerprint density at radius 1 is 1.00 bits per heavy atom. The lowest BCUT2D eigenvalue weighted by Gasteiger charge is -2.05. The third-order valence-electron chi connectivity index (χ3n) is 3.52. The first kappa shape index (κ1) is 13.1. The number of nitrogens with zero attached hydrogens (tertiary/aromatic N) is 1. The van der Waals surface area contributed by atoms with Gasteiger partial charge in [-0.1, -0.05) is 54.6 Å². The van der Waals surface area contributed by atoms with E-state index in [0.29, 0.717) is 0 Å². The van der Waals surface area contributed by atoms with Crippen molar-refractivity contribution in [3.8, 4) is 0 Å². The van der Waals surface area contributed by atoms with E-state index in [2.05, 4.69) is 28.7 Å². The van der Waals surface area contributed by atoms with Crippen LogP contribution in [-0.4, -0.2) is 11.7 Å². The van der Waals surface area contributed by atoms with E-state index in [9.17, 15) is 4.79 Å². The third-order valence-corrected chi connectivity index (χ3v) is 3.52. The number of benzene rings is 2. The Labute approximate surface area is 123 Å². The fourth-order valence-electron chi connectivity index (χ4n) is 2.66. The average molecular weight is 277 g/mol. The molecule has 0 spiro atoms. The van der Waals surface area contributed by atoms with Gasteiger partial charge in [0.1, 0.15) is 0 Å². The molecule has 21 heavy (non-hydrogen) atoms. The molecule has 2 aromatic rings. The minimum Gasteiger partial charge on any atom is -0.350 e. The highest BCUT2D eigenvalue weighted by atomic mass is 16.2. The number of nitrogens with two attached hydrogens (primary N) is 1. The van der Waals surface area contributed by atoms with Gasteiger partial charge in [0.2, 0.25) is 0 Å². The Bertz CT molecular complexity index is 761. The zero-order valence-electron chi connectivity index (χ0n) is 11.6. The van der Waals surface area contributed by atoms with Crippen LogP contribution in [0.2, 0.25) is 0 Å². The zero-order valence-corrected chi connectivity index (χ0v) is 11.6. The van der Waals surface area contributed by atoms with Crippen LogP contribution >= 0.6 is 0 Å². The van der Waals surface area contributed by atoms with Crippen LogP contribution in [0.5, 0.6) is 0 Å². The van der Waals surface area contributed by atoms with E-state index in [-0.39, 0.29) is 0 Å². The molecule has 0 fully saturated rings. The topological polar surface area (TPSA) is 67.5 Å². The van der Waals surface area contributed by atoms with Gasteiger partial charge in [-0.15, -0.1) is 0 Å². The van der Waals surface area contributed by atoms with Crippen molar-refractivity contribution in [3.63, 3.8) is 0 Å². The first-order chi connectivity index (χ1) is 10.2. The Balaban J connectivity index is 2.18. The van der Waals surface area contributed by atoms with Gasteiger partial charge in [0.05, 0.1) is 5.71 Å². The molecular formula is C17H15N3O. The Hall–Kier alpha value is -2.88. The van der Waals surface area contributed by atoms with Gasteiger partial charge in [-0.3, -0.25) is 0 Å². The number of fused-ring (bicyclic) bond motifs is 1. The van der Waals surface area contributed by atoms with Gasteiger partial charge < -0.3 is 5.73 Å². The SMILES string of the molecule is CC1=C(c2ccccc2)c2ccccc2/C1=N\NC(N)=O. The fraction of sp³-hybridized carbons (Fsp3) is 0.0588. The molecular weight excluding hydrogens is 262 g/mol. The number of primary amides is 1. The highest BCUT2D eigenvalue weighted by Gasteiger charge is 2.25. The molecule has 4 nitrogen and oxygen atoms in total. The first-order valence-electron chi connectivity index (χ1n) is 6.68. The Morgan fingerprint density at radius 3 is 2.29 bits per heavy atom. The number of rotatable bonds is 2. The molecule has 3 rings (SSSR count). The standard InChI is InChI=1S/C17H15N3O/c1-11-15(12-7-3-2-4-8-12)13-9-5-6-10-14(13)16(11)19-20-17(18)21/h2-10H,1H3,(H3,18,20,21)/b19-16-. The highest BCUT2D eigenvalue weighted by molar-refractivity contribution is 6.25. The average Bonchev–Trinajstić information content (AvgIpc) is 2.78. The largest absolute Gasteiger partial charge is 0.350 e. The fourth-order valence-corrected chi connectivity index (χ4v) is 2.66. The molecule has 0 aromatic heterocycles. The summed E-state index contributed by atoms with van der Waals surface area (Å²) in [6.07, 6.45) is 0. The minimum atomic E-state index is -0.666. The second-order valence-corrected chi connectivity index (χ2v) is 4.85. The lowest BCUT2D eigenvalue weighted by Crippen LogP contribution is -2.25. The number of nitrogens with one attached hydrogen (secondary N) is 1. The predicted octanol–water partition coefficient (Wildman–Crippen LogP) is 2.89. The maximum atomic E-state index is 10.9. The van der Waals surface area contributed by atoms with E-state index >= 15 is 0 Å².